The summed E-state index contributed by atoms with van der Waals surface area (Å²) in [5.41, 5.74) is 0.250. The zero-order valence-corrected chi connectivity index (χ0v) is 12.9. The number of amides is 1. The summed E-state index contributed by atoms with van der Waals surface area (Å²) in [6.45, 7) is 1.86. The van der Waals surface area contributed by atoms with E-state index in [4.69, 9.17) is 11.6 Å². The first-order chi connectivity index (χ1) is 11.1. The number of pyridine rings is 1. The molecule has 1 N–H and O–H groups in total. The van der Waals surface area contributed by atoms with E-state index in [1.807, 2.05) is 6.92 Å². The van der Waals surface area contributed by atoms with E-state index in [2.05, 4.69) is 15.3 Å². The SMILES string of the molecule is Cc1nccn1-c1ccc(NC(=O)c2c(F)cccc2Cl)cn1. The Bertz CT molecular complexity index is 841. The molecular weight excluding hydrogens is 319 g/mol. The first kappa shape index (κ1) is 15.2. The minimum atomic E-state index is -0.673. The second-order valence-corrected chi connectivity index (χ2v) is 5.21. The van der Waals surface area contributed by atoms with E-state index < -0.39 is 11.7 Å². The van der Waals surface area contributed by atoms with Crippen LogP contribution < -0.4 is 5.32 Å². The van der Waals surface area contributed by atoms with Gasteiger partial charge in [-0.2, -0.15) is 0 Å². The van der Waals surface area contributed by atoms with E-state index >= 15 is 0 Å². The van der Waals surface area contributed by atoms with Gasteiger partial charge in [-0.15, -0.1) is 0 Å². The van der Waals surface area contributed by atoms with Gasteiger partial charge in [-0.3, -0.25) is 9.36 Å². The van der Waals surface area contributed by atoms with Gasteiger partial charge in [-0.05, 0) is 31.2 Å². The fourth-order valence-corrected chi connectivity index (χ4v) is 2.38. The lowest BCUT2D eigenvalue weighted by molar-refractivity contribution is 0.102. The van der Waals surface area contributed by atoms with E-state index in [9.17, 15) is 9.18 Å². The van der Waals surface area contributed by atoms with Crippen molar-refractivity contribution in [2.24, 2.45) is 0 Å². The van der Waals surface area contributed by atoms with Crippen LogP contribution in [0.15, 0.2) is 48.9 Å². The number of aryl methyl sites for hydroxylation is 1. The summed E-state index contributed by atoms with van der Waals surface area (Å²) in [6.07, 6.45) is 4.95. The van der Waals surface area contributed by atoms with E-state index in [-0.39, 0.29) is 10.6 Å². The molecule has 1 amide bonds. The zero-order chi connectivity index (χ0) is 16.4. The van der Waals surface area contributed by atoms with Crippen LogP contribution in [0.5, 0.6) is 0 Å². The third-order valence-corrected chi connectivity index (χ3v) is 3.58. The number of imidazole rings is 1. The molecule has 2 heterocycles. The molecule has 2 aromatic heterocycles. The number of halogens is 2. The van der Waals surface area contributed by atoms with Gasteiger partial charge in [0.2, 0.25) is 0 Å². The minimum absolute atomic E-state index is 0.0566. The highest BCUT2D eigenvalue weighted by molar-refractivity contribution is 6.34. The maximum atomic E-state index is 13.7. The molecule has 0 aliphatic heterocycles. The highest BCUT2D eigenvalue weighted by Crippen LogP contribution is 2.20. The van der Waals surface area contributed by atoms with E-state index in [0.717, 1.165) is 5.82 Å². The van der Waals surface area contributed by atoms with E-state index in [1.54, 1.807) is 29.1 Å². The lowest BCUT2D eigenvalue weighted by atomic mass is 10.2. The number of rotatable bonds is 3. The van der Waals surface area contributed by atoms with Crippen molar-refractivity contribution < 1.29 is 9.18 Å². The minimum Gasteiger partial charge on any atom is -0.320 e. The molecule has 0 spiro atoms. The number of nitrogens with one attached hydrogen (secondary N) is 1. The Labute approximate surface area is 136 Å². The normalized spacial score (nSPS) is 10.6. The van der Waals surface area contributed by atoms with Crippen LogP contribution in [0.2, 0.25) is 5.02 Å². The standard InChI is InChI=1S/C16H12ClFN4O/c1-10-19-7-8-22(10)14-6-5-11(9-20-14)21-16(23)15-12(17)3-2-4-13(15)18/h2-9H,1H3,(H,21,23). The summed E-state index contributed by atoms with van der Waals surface area (Å²) in [5, 5.41) is 2.63. The maximum Gasteiger partial charge on any atom is 0.260 e. The van der Waals surface area contributed by atoms with Crippen molar-refractivity contribution in [1.29, 1.82) is 0 Å². The summed E-state index contributed by atoms with van der Waals surface area (Å²) in [7, 11) is 0. The van der Waals surface area contributed by atoms with Gasteiger partial charge >= 0.3 is 0 Å². The number of aromatic nitrogens is 3. The smallest absolute Gasteiger partial charge is 0.260 e. The predicted octanol–water partition coefficient (Wildman–Crippen LogP) is 3.62. The quantitative estimate of drug-likeness (QED) is 0.798. The first-order valence-electron chi connectivity index (χ1n) is 6.78. The van der Waals surface area contributed by atoms with E-state index in [0.29, 0.717) is 11.5 Å². The second-order valence-electron chi connectivity index (χ2n) is 4.80. The van der Waals surface area contributed by atoms with Gasteiger partial charge < -0.3 is 5.32 Å². The number of carbonyl (C=O) groups excluding carboxylic acids is 1. The number of nitrogens with zero attached hydrogens (tertiary/aromatic N) is 3. The molecule has 1 aromatic carbocycles. The second kappa shape index (κ2) is 6.18. The third-order valence-electron chi connectivity index (χ3n) is 3.27. The van der Waals surface area contributed by atoms with Crippen LogP contribution in [0.4, 0.5) is 10.1 Å². The van der Waals surface area contributed by atoms with Crippen molar-refractivity contribution in [3.63, 3.8) is 0 Å². The van der Waals surface area contributed by atoms with Crippen LogP contribution >= 0.6 is 11.6 Å². The van der Waals surface area contributed by atoms with Gasteiger partial charge in [0.1, 0.15) is 17.5 Å². The van der Waals surface area contributed by atoms with Gasteiger partial charge in [-0.25, -0.2) is 14.4 Å². The highest BCUT2D eigenvalue weighted by atomic mass is 35.5. The Morgan fingerprint density at radius 1 is 1.26 bits per heavy atom. The number of hydrogen-bond acceptors (Lipinski definition) is 3. The van der Waals surface area contributed by atoms with Crippen LogP contribution in [0, 0.1) is 12.7 Å². The third kappa shape index (κ3) is 3.07. The van der Waals surface area contributed by atoms with Gasteiger partial charge in [0.15, 0.2) is 0 Å². The monoisotopic (exact) mass is 330 g/mol. The molecule has 0 atom stereocenters. The zero-order valence-electron chi connectivity index (χ0n) is 12.1. The van der Waals surface area contributed by atoms with Crippen molar-refractivity contribution in [1.82, 2.24) is 14.5 Å². The van der Waals surface area contributed by atoms with Crippen LogP contribution in [0.25, 0.3) is 5.82 Å². The first-order valence-corrected chi connectivity index (χ1v) is 7.16. The lowest BCUT2D eigenvalue weighted by Gasteiger charge is -2.09. The van der Waals surface area contributed by atoms with Crippen LogP contribution in [-0.2, 0) is 0 Å². The van der Waals surface area contributed by atoms with Crippen molar-refractivity contribution in [2.45, 2.75) is 6.92 Å². The largest absolute Gasteiger partial charge is 0.320 e. The summed E-state index contributed by atoms with van der Waals surface area (Å²) in [4.78, 5) is 20.5. The van der Waals surface area contributed by atoms with Gasteiger partial charge in [0.25, 0.3) is 5.91 Å². The average Bonchev–Trinajstić information content (AvgIpc) is 2.94. The van der Waals surface area contributed by atoms with Crippen molar-refractivity contribution >= 4 is 23.2 Å². The average molecular weight is 331 g/mol. The highest BCUT2D eigenvalue weighted by Gasteiger charge is 2.16. The molecule has 0 saturated carbocycles. The van der Waals surface area contributed by atoms with Crippen LogP contribution in [-0.4, -0.2) is 20.4 Å². The molecule has 0 bridgehead atoms. The summed E-state index contributed by atoms with van der Waals surface area (Å²) >= 11 is 5.87. The van der Waals surface area contributed by atoms with Gasteiger partial charge in [0.05, 0.1) is 22.5 Å². The predicted molar refractivity (Wildman–Crippen MR) is 85.5 cm³/mol. The molecule has 23 heavy (non-hydrogen) atoms. The number of benzene rings is 1. The molecule has 7 heteroatoms. The Morgan fingerprint density at radius 2 is 2.09 bits per heavy atom. The molecular formula is C16H12ClFN4O. The summed E-state index contributed by atoms with van der Waals surface area (Å²) in [5.74, 6) is 0.171. The van der Waals surface area contributed by atoms with Gasteiger partial charge in [-0.1, -0.05) is 17.7 Å². The van der Waals surface area contributed by atoms with Crippen molar-refractivity contribution in [3.8, 4) is 5.82 Å². The summed E-state index contributed by atoms with van der Waals surface area (Å²) < 4.78 is 15.5. The Hall–Kier alpha value is -2.73. The number of carbonyl (C=O) groups is 1. The molecule has 116 valence electrons. The molecule has 0 fully saturated rings. The van der Waals surface area contributed by atoms with Crippen LogP contribution in [0.3, 0.4) is 0 Å². The Balaban J connectivity index is 1.81. The fraction of sp³-hybridized carbons (Fsp3) is 0.0625. The molecule has 5 nitrogen and oxygen atoms in total. The maximum absolute atomic E-state index is 13.7. The fourth-order valence-electron chi connectivity index (χ4n) is 2.13. The molecule has 0 unspecified atom stereocenters. The van der Waals surface area contributed by atoms with Gasteiger partial charge in [0, 0.05) is 12.4 Å². The topological polar surface area (TPSA) is 59.8 Å². The van der Waals surface area contributed by atoms with Crippen molar-refractivity contribution in [3.05, 3.63) is 71.2 Å². The molecule has 0 radical (unpaired) electrons. The lowest BCUT2D eigenvalue weighted by Crippen LogP contribution is -2.14. The van der Waals surface area contributed by atoms with Crippen molar-refractivity contribution in [2.75, 3.05) is 5.32 Å². The molecule has 3 rings (SSSR count). The Morgan fingerprint density at radius 3 is 2.70 bits per heavy atom. The Kier molecular flexibility index (Phi) is 4.08. The molecule has 0 saturated heterocycles. The number of anilines is 1. The van der Waals surface area contributed by atoms with E-state index in [1.165, 1.54) is 24.4 Å². The molecule has 0 aliphatic carbocycles. The molecule has 3 aromatic rings. The number of hydrogen-bond donors (Lipinski definition) is 1. The summed E-state index contributed by atoms with van der Waals surface area (Å²) in [6, 6.07) is 7.49. The van der Waals surface area contributed by atoms with Crippen LogP contribution in [0.1, 0.15) is 16.2 Å². The molecule has 0 aliphatic rings.